The zero-order valence-electron chi connectivity index (χ0n) is 21.0. The molecule has 4 heterocycles. The van der Waals surface area contributed by atoms with Gasteiger partial charge in [0.1, 0.15) is 5.82 Å². The topological polar surface area (TPSA) is 80.3 Å². The Bertz CT molecular complexity index is 1020. The van der Waals surface area contributed by atoms with Crippen LogP contribution in [0.25, 0.3) is 11.3 Å². The first-order valence-corrected chi connectivity index (χ1v) is 13.3. The highest BCUT2D eigenvalue weighted by molar-refractivity contribution is 5.99. The summed E-state index contributed by atoms with van der Waals surface area (Å²) >= 11 is 0. The molecule has 0 aromatic carbocycles. The molecule has 3 unspecified atom stereocenters. The minimum absolute atomic E-state index is 0.0109. The number of amides is 1. The lowest BCUT2D eigenvalue weighted by Gasteiger charge is -2.41. The van der Waals surface area contributed by atoms with Crippen molar-refractivity contribution in [2.24, 2.45) is 11.8 Å². The van der Waals surface area contributed by atoms with Crippen molar-refractivity contribution in [2.45, 2.75) is 77.8 Å². The number of nitrogens with zero attached hydrogens (tertiary/aromatic N) is 5. The fraction of sp³-hybridized carbons (Fsp3) is 0.667. The summed E-state index contributed by atoms with van der Waals surface area (Å²) in [6.45, 7) is 10.9. The molecule has 2 aromatic heterocycles. The van der Waals surface area contributed by atoms with Crippen molar-refractivity contribution in [1.82, 2.24) is 24.6 Å². The van der Waals surface area contributed by atoms with E-state index in [1.54, 1.807) is 6.20 Å². The first-order valence-electron chi connectivity index (χ1n) is 13.3. The van der Waals surface area contributed by atoms with E-state index in [1.807, 2.05) is 11.0 Å². The third kappa shape index (κ3) is 4.59. The Labute approximate surface area is 203 Å². The summed E-state index contributed by atoms with van der Waals surface area (Å²) in [7, 11) is 0. The van der Waals surface area contributed by atoms with E-state index in [2.05, 4.69) is 41.4 Å². The summed E-state index contributed by atoms with van der Waals surface area (Å²) in [6.07, 6.45) is 9.90. The van der Waals surface area contributed by atoms with Crippen molar-refractivity contribution in [3.63, 3.8) is 0 Å². The molecule has 0 radical (unpaired) electrons. The molecule has 3 fully saturated rings. The van der Waals surface area contributed by atoms with Gasteiger partial charge in [-0.25, -0.2) is 4.98 Å². The summed E-state index contributed by atoms with van der Waals surface area (Å²) in [4.78, 5) is 22.0. The average Bonchev–Trinajstić information content (AvgIpc) is 3.58. The van der Waals surface area contributed by atoms with E-state index in [0.29, 0.717) is 23.3 Å². The number of hydrogen-bond acceptors (Lipinski definition) is 5. The molecule has 7 heteroatoms. The minimum Gasteiger partial charge on any atom is -0.383 e. The molecular formula is C27H40N6O. The standard InChI is InChI=1S/C27H40N6O/c1-4-19(3)33-23(12-20-7-8-22(11-20)32-16-18(2)17-32)14-25(30-33)21-13-24(26(28)29-15-21)27(34)31-9-5-6-10-31/h13-15,18-20,22H,4-12,16-17H2,1-3H3,(H2,28,29). The lowest BCUT2D eigenvalue weighted by molar-refractivity contribution is 0.0633. The second-order valence-electron chi connectivity index (χ2n) is 11.0. The predicted octanol–water partition coefficient (Wildman–Crippen LogP) is 4.40. The van der Waals surface area contributed by atoms with E-state index in [9.17, 15) is 4.79 Å². The second-order valence-corrected chi connectivity index (χ2v) is 11.0. The Morgan fingerprint density at radius 2 is 1.97 bits per heavy atom. The van der Waals surface area contributed by atoms with E-state index in [-0.39, 0.29) is 5.91 Å². The molecule has 2 saturated heterocycles. The number of anilines is 1. The lowest BCUT2D eigenvalue weighted by Crippen LogP contribution is -2.50. The van der Waals surface area contributed by atoms with Crippen LogP contribution in [0.2, 0.25) is 0 Å². The minimum atomic E-state index is -0.0109. The molecule has 3 atom stereocenters. The molecular weight excluding hydrogens is 424 g/mol. The van der Waals surface area contributed by atoms with Gasteiger partial charge in [-0.2, -0.15) is 5.10 Å². The highest BCUT2D eigenvalue weighted by Crippen LogP contribution is 2.36. The lowest BCUT2D eigenvalue weighted by atomic mass is 9.97. The van der Waals surface area contributed by atoms with Gasteiger partial charge in [-0.15, -0.1) is 0 Å². The van der Waals surface area contributed by atoms with E-state index in [4.69, 9.17) is 10.8 Å². The van der Waals surface area contributed by atoms with Crippen molar-refractivity contribution < 1.29 is 4.79 Å². The molecule has 2 aromatic rings. The normalized spacial score (nSPS) is 24.5. The first-order chi connectivity index (χ1) is 16.4. The number of rotatable bonds is 7. The molecule has 34 heavy (non-hydrogen) atoms. The molecule has 1 aliphatic carbocycles. The maximum atomic E-state index is 13.0. The summed E-state index contributed by atoms with van der Waals surface area (Å²) in [6, 6.07) is 5.22. The zero-order chi connectivity index (χ0) is 23.8. The number of likely N-dealkylation sites (tertiary alicyclic amines) is 2. The van der Waals surface area contributed by atoms with Crippen LogP contribution in [0.5, 0.6) is 0 Å². The van der Waals surface area contributed by atoms with Crippen molar-refractivity contribution >= 4 is 11.7 Å². The highest BCUT2D eigenvalue weighted by Gasteiger charge is 2.35. The van der Waals surface area contributed by atoms with E-state index in [1.165, 1.54) is 38.0 Å². The van der Waals surface area contributed by atoms with E-state index < -0.39 is 0 Å². The zero-order valence-corrected chi connectivity index (χ0v) is 21.0. The van der Waals surface area contributed by atoms with Crippen LogP contribution in [0.3, 0.4) is 0 Å². The Balaban J connectivity index is 1.37. The van der Waals surface area contributed by atoms with Gasteiger partial charge in [0, 0.05) is 55.7 Å². The van der Waals surface area contributed by atoms with Gasteiger partial charge in [0.05, 0.1) is 11.3 Å². The van der Waals surface area contributed by atoms with Crippen LogP contribution in [-0.2, 0) is 6.42 Å². The molecule has 0 spiro atoms. The molecule has 2 N–H and O–H groups in total. The number of carbonyl (C=O) groups is 1. The first kappa shape index (κ1) is 23.3. The second kappa shape index (κ2) is 9.68. The molecule has 5 rings (SSSR count). The SMILES string of the molecule is CCC(C)n1nc(-c2cnc(N)c(C(=O)N3CCCC3)c2)cc1CC1CCC(N2CC(C)C2)C1. The largest absolute Gasteiger partial charge is 0.383 e. The number of aromatic nitrogens is 3. The molecule has 7 nitrogen and oxygen atoms in total. The van der Waals surface area contributed by atoms with Crippen molar-refractivity contribution in [1.29, 1.82) is 0 Å². The van der Waals surface area contributed by atoms with Gasteiger partial charge in [0.15, 0.2) is 0 Å². The van der Waals surface area contributed by atoms with Crippen LogP contribution < -0.4 is 5.73 Å². The van der Waals surface area contributed by atoms with Gasteiger partial charge in [-0.3, -0.25) is 14.4 Å². The summed E-state index contributed by atoms with van der Waals surface area (Å²) in [5.41, 5.74) is 9.69. The van der Waals surface area contributed by atoms with Gasteiger partial charge in [0.25, 0.3) is 5.91 Å². The van der Waals surface area contributed by atoms with E-state index >= 15 is 0 Å². The molecule has 0 bridgehead atoms. The third-order valence-electron chi connectivity index (χ3n) is 8.28. The number of hydrogen-bond donors (Lipinski definition) is 1. The maximum absolute atomic E-state index is 13.0. The number of nitrogens with two attached hydrogens (primary N) is 1. The third-order valence-corrected chi connectivity index (χ3v) is 8.28. The smallest absolute Gasteiger partial charge is 0.257 e. The summed E-state index contributed by atoms with van der Waals surface area (Å²) < 4.78 is 2.21. The molecule has 2 aliphatic heterocycles. The summed E-state index contributed by atoms with van der Waals surface area (Å²) in [5, 5.41) is 5.01. The summed E-state index contributed by atoms with van der Waals surface area (Å²) in [5.74, 6) is 1.87. The van der Waals surface area contributed by atoms with Crippen LogP contribution in [0.15, 0.2) is 18.3 Å². The van der Waals surface area contributed by atoms with Gasteiger partial charge < -0.3 is 10.6 Å². The molecule has 3 aliphatic rings. The van der Waals surface area contributed by atoms with Gasteiger partial charge in [-0.1, -0.05) is 13.8 Å². The molecule has 184 valence electrons. The Hall–Kier alpha value is -2.41. The van der Waals surface area contributed by atoms with Crippen LogP contribution in [-0.4, -0.2) is 62.7 Å². The quantitative estimate of drug-likeness (QED) is 0.657. The molecule has 1 saturated carbocycles. The number of nitrogen functional groups attached to an aromatic ring is 1. The maximum Gasteiger partial charge on any atom is 0.257 e. The number of carbonyl (C=O) groups excluding carboxylic acids is 1. The Kier molecular flexibility index (Phi) is 6.65. The van der Waals surface area contributed by atoms with Gasteiger partial charge in [0.2, 0.25) is 0 Å². The fourth-order valence-electron chi connectivity index (χ4n) is 6.07. The Morgan fingerprint density at radius 1 is 1.21 bits per heavy atom. The average molecular weight is 465 g/mol. The fourth-order valence-corrected chi connectivity index (χ4v) is 6.07. The number of pyridine rings is 1. The van der Waals surface area contributed by atoms with Crippen molar-refractivity contribution in [3.8, 4) is 11.3 Å². The van der Waals surface area contributed by atoms with E-state index in [0.717, 1.165) is 62.0 Å². The Morgan fingerprint density at radius 3 is 2.68 bits per heavy atom. The van der Waals surface area contributed by atoms with Crippen LogP contribution in [0.1, 0.15) is 81.4 Å². The van der Waals surface area contributed by atoms with Crippen molar-refractivity contribution in [3.05, 3.63) is 29.6 Å². The van der Waals surface area contributed by atoms with Gasteiger partial charge >= 0.3 is 0 Å². The van der Waals surface area contributed by atoms with Crippen LogP contribution in [0.4, 0.5) is 5.82 Å². The highest BCUT2D eigenvalue weighted by atomic mass is 16.2. The van der Waals surface area contributed by atoms with Crippen LogP contribution in [0, 0.1) is 11.8 Å². The molecule has 1 amide bonds. The van der Waals surface area contributed by atoms with Crippen molar-refractivity contribution in [2.75, 3.05) is 31.9 Å². The van der Waals surface area contributed by atoms with Gasteiger partial charge in [-0.05, 0) is 75.8 Å². The monoisotopic (exact) mass is 464 g/mol. The van der Waals surface area contributed by atoms with Crippen LogP contribution >= 0.6 is 0 Å². The predicted molar refractivity (Wildman–Crippen MR) is 136 cm³/mol.